The second-order valence-corrected chi connectivity index (χ2v) is 2.61. The van der Waals surface area contributed by atoms with E-state index in [4.69, 9.17) is 16.3 Å². The number of nitrogens with one attached hydrogen (secondary N) is 1. The molecule has 11 heavy (non-hydrogen) atoms. The number of fused-ring (bicyclic) bond motifs is 1. The third-order valence-electron chi connectivity index (χ3n) is 1.42. The van der Waals surface area contributed by atoms with E-state index in [2.05, 4.69) is 16.5 Å². The van der Waals surface area contributed by atoms with Crippen molar-refractivity contribution in [1.29, 1.82) is 0 Å². The molecular weight excluding hydrogens is 164 g/mol. The van der Waals surface area contributed by atoms with Gasteiger partial charge in [0.15, 0.2) is 11.6 Å². The molecule has 0 atom stereocenters. The van der Waals surface area contributed by atoms with Crippen molar-refractivity contribution in [1.82, 2.24) is 4.98 Å². The van der Waals surface area contributed by atoms with E-state index in [0.29, 0.717) is 17.4 Å². The Hall–Kier alpha value is -0.960. The van der Waals surface area contributed by atoms with Crippen molar-refractivity contribution in [3.8, 4) is 5.75 Å². The van der Waals surface area contributed by atoms with Crippen LogP contribution in [0.4, 0.5) is 5.82 Å². The highest BCUT2D eigenvalue weighted by molar-refractivity contribution is 6.30. The van der Waals surface area contributed by atoms with Crippen LogP contribution in [0.15, 0.2) is 6.07 Å². The second kappa shape index (κ2) is 2.58. The SMILES string of the molecule is Clc1[c]nc2c(c1)OCCN2. The summed E-state index contributed by atoms with van der Waals surface area (Å²) in [6.45, 7) is 1.45. The topological polar surface area (TPSA) is 34.1 Å². The Balaban J connectivity index is 2.43. The maximum Gasteiger partial charge on any atom is 0.169 e. The number of hydrogen-bond donors (Lipinski definition) is 1. The summed E-state index contributed by atoms with van der Waals surface area (Å²) < 4.78 is 5.27. The third kappa shape index (κ3) is 1.24. The van der Waals surface area contributed by atoms with Crippen LogP contribution >= 0.6 is 11.6 Å². The number of pyridine rings is 1. The van der Waals surface area contributed by atoms with Crippen LogP contribution in [-0.2, 0) is 0 Å². The molecule has 0 unspecified atom stereocenters. The lowest BCUT2D eigenvalue weighted by Gasteiger charge is -2.17. The van der Waals surface area contributed by atoms with Gasteiger partial charge >= 0.3 is 0 Å². The molecule has 2 heterocycles. The average molecular weight is 170 g/mol. The van der Waals surface area contributed by atoms with Gasteiger partial charge < -0.3 is 10.1 Å². The van der Waals surface area contributed by atoms with E-state index in [0.717, 1.165) is 12.4 Å². The Bertz CT molecular complexity index is 277. The van der Waals surface area contributed by atoms with Gasteiger partial charge in [0.05, 0.1) is 11.6 Å². The highest BCUT2D eigenvalue weighted by atomic mass is 35.5. The van der Waals surface area contributed by atoms with Crippen LogP contribution in [0, 0.1) is 6.20 Å². The quantitative estimate of drug-likeness (QED) is 0.637. The van der Waals surface area contributed by atoms with Gasteiger partial charge in [0.2, 0.25) is 0 Å². The van der Waals surface area contributed by atoms with E-state index >= 15 is 0 Å². The molecule has 0 aromatic carbocycles. The predicted molar refractivity (Wildman–Crippen MR) is 42.1 cm³/mol. The zero-order chi connectivity index (χ0) is 7.68. The minimum absolute atomic E-state index is 0.479. The summed E-state index contributed by atoms with van der Waals surface area (Å²) in [5, 5.41) is 3.54. The molecule has 0 saturated heterocycles. The molecule has 0 aliphatic carbocycles. The fraction of sp³-hybridized carbons (Fsp3) is 0.286. The summed E-state index contributed by atoms with van der Waals surface area (Å²) in [5.41, 5.74) is 0. The summed E-state index contributed by atoms with van der Waals surface area (Å²) >= 11 is 5.65. The largest absolute Gasteiger partial charge is 0.488 e. The van der Waals surface area contributed by atoms with Crippen LogP contribution in [0.5, 0.6) is 5.75 Å². The van der Waals surface area contributed by atoms with Gasteiger partial charge in [-0.1, -0.05) is 11.6 Å². The summed E-state index contributed by atoms with van der Waals surface area (Å²) in [4.78, 5) is 3.93. The number of ether oxygens (including phenoxy) is 1. The van der Waals surface area contributed by atoms with Crippen molar-refractivity contribution in [3.63, 3.8) is 0 Å². The van der Waals surface area contributed by atoms with E-state index < -0.39 is 0 Å². The van der Waals surface area contributed by atoms with Gasteiger partial charge in [-0.05, 0) is 0 Å². The normalized spacial score (nSPS) is 14.6. The minimum Gasteiger partial charge on any atom is -0.488 e. The van der Waals surface area contributed by atoms with E-state index in [1.165, 1.54) is 0 Å². The maximum absolute atomic E-state index is 5.65. The van der Waals surface area contributed by atoms with Crippen LogP contribution in [0.3, 0.4) is 0 Å². The smallest absolute Gasteiger partial charge is 0.169 e. The number of aromatic nitrogens is 1. The second-order valence-electron chi connectivity index (χ2n) is 2.20. The Morgan fingerprint density at radius 3 is 3.55 bits per heavy atom. The maximum atomic E-state index is 5.65. The molecule has 57 valence electrons. The van der Waals surface area contributed by atoms with E-state index in [-0.39, 0.29) is 0 Å². The van der Waals surface area contributed by atoms with Gasteiger partial charge in [-0.3, -0.25) is 0 Å². The lowest BCUT2D eigenvalue weighted by molar-refractivity contribution is 0.321. The minimum atomic E-state index is 0.479. The van der Waals surface area contributed by atoms with Crippen molar-refractivity contribution >= 4 is 17.4 Å². The first-order chi connectivity index (χ1) is 5.36. The molecule has 0 bridgehead atoms. The molecule has 1 aliphatic heterocycles. The fourth-order valence-corrected chi connectivity index (χ4v) is 1.09. The van der Waals surface area contributed by atoms with E-state index in [1.807, 2.05) is 0 Å². The molecule has 4 heteroatoms. The van der Waals surface area contributed by atoms with Crippen molar-refractivity contribution < 1.29 is 4.74 Å². The third-order valence-corrected chi connectivity index (χ3v) is 1.61. The van der Waals surface area contributed by atoms with Crippen LogP contribution in [0.25, 0.3) is 0 Å². The number of halogens is 1. The number of hydrogen-bond acceptors (Lipinski definition) is 3. The molecule has 3 nitrogen and oxygen atoms in total. The van der Waals surface area contributed by atoms with E-state index in [9.17, 15) is 0 Å². The summed E-state index contributed by atoms with van der Waals surface area (Å²) in [7, 11) is 0. The summed E-state index contributed by atoms with van der Waals surface area (Å²) in [5.74, 6) is 1.43. The molecule has 1 N–H and O–H groups in total. The Labute approximate surface area is 69.3 Å². The van der Waals surface area contributed by atoms with Gasteiger partial charge in [-0.25, -0.2) is 4.98 Å². The highest BCUT2D eigenvalue weighted by Crippen LogP contribution is 2.26. The van der Waals surface area contributed by atoms with Crippen molar-refractivity contribution in [2.24, 2.45) is 0 Å². The lowest BCUT2D eigenvalue weighted by Crippen LogP contribution is -2.18. The zero-order valence-electron chi connectivity index (χ0n) is 5.72. The molecular formula is C7H6ClN2O. The summed E-state index contributed by atoms with van der Waals surface area (Å²) in [6, 6.07) is 1.70. The van der Waals surface area contributed by atoms with Crippen LogP contribution < -0.4 is 10.1 Å². The molecule has 0 spiro atoms. The van der Waals surface area contributed by atoms with Crippen molar-refractivity contribution in [2.45, 2.75) is 0 Å². The van der Waals surface area contributed by atoms with Gasteiger partial charge in [0, 0.05) is 6.07 Å². The van der Waals surface area contributed by atoms with Crippen LogP contribution in [-0.4, -0.2) is 18.1 Å². The number of rotatable bonds is 0. The first-order valence-corrected chi connectivity index (χ1v) is 3.69. The van der Waals surface area contributed by atoms with Gasteiger partial charge in [0.25, 0.3) is 0 Å². The molecule has 2 rings (SSSR count). The van der Waals surface area contributed by atoms with Gasteiger partial charge in [-0.15, -0.1) is 0 Å². The number of anilines is 1. The molecule has 1 radical (unpaired) electrons. The van der Waals surface area contributed by atoms with Crippen LogP contribution in [0.2, 0.25) is 5.02 Å². The van der Waals surface area contributed by atoms with Gasteiger partial charge in [0.1, 0.15) is 12.8 Å². The Morgan fingerprint density at radius 1 is 1.73 bits per heavy atom. The molecule has 1 aromatic heterocycles. The first kappa shape index (κ1) is 6.73. The highest BCUT2D eigenvalue weighted by Gasteiger charge is 2.10. The number of nitrogens with zero attached hydrogens (tertiary/aromatic N) is 1. The Morgan fingerprint density at radius 2 is 2.64 bits per heavy atom. The molecule has 0 fully saturated rings. The molecule has 0 saturated carbocycles. The van der Waals surface area contributed by atoms with E-state index in [1.54, 1.807) is 6.07 Å². The zero-order valence-corrected chi connectivity index (χ0v) is 6.48. The predicted octanol–water partition coefficient (Wildman–Crippen LogP) is 1.34. The molecule has 1 aromatic rings. The molecule has 1 aliphatic rings. The van der Waals surface area contributed by atoms with Crippen LogP contribution in [0.1, 0.15) is 0 Å². The monoisotopic (exact) mass is 169 g/mol. The average Bonchev–Trinajstić information content (AvgIpc) is 2.04. The van der Waals surface area contributed by atoms with Gasteiger partial charge in [-0.2, -0.15) is 0 Å². The standard InChI is InChI=1S/C7H6ClN2O/c8-5-3-6-7(10-4-5)9-1-2-11-6/h3H,1-2H2,(H,9,10). The van der Waals surface area contributed by atoms with Crippen molar-refractivity contribution in [3.05, 3.63) is 17.3 Å². The lowest BCUT2D eigenvalue weighted by atomic mass is 10.4. The first-order valence-electron chi connectivity index (χ1n) is 3.31. The fourth-order valence-electron chi connectivity index (χ4n) is 0.947. The Kier molecular flexibility index (Phi) is 1.58. The van der Waals surface area contributed by atoms with Crippen molar-refractivity contribution in [2.75, 3.05) is 18.5 Å². The summed E-state index contributed by atoms with van der Waals surface area (Å²) in [6.07, 6.45) is 2.63. The molecule has 0 amide bonds.